The number of aromatic nitrogens is 2. The Labute approximate surface area is 160 Å². The maximum atomic E-state index is 12.4. The van der Waals surface area contributed by atoms with Crippen LogP contribution in [0.2, 0.25) is 0 Å². The SMILES string of the molecule is COc1cccc(-c2noc(CN(C)C(=O)Cc3ccccc3[N+](=O)[O-])n2)c1. The molecule has 0 aliphatic heterocycles. The van der Waals surface area contributed by atoms with Crippen LogP contribution in [-0.4, -0.2) is 40.0 Å². The van der Waals surface area contributed by atoms with E-state index < -0.39 is 4.92 Å². The fraction of sp³-hybridized carbons (Fsp3) is 0.211. The molecule has 0 fully saturated rings. The summed E-state index contributed by atoms with van der Waals surface area (Å²) in [4.78, 5) is 28.7. The molecule has 0 aliphatic carbocycles. The molecule has 0 atom stereocenters. The molecule has 0 radical (unpaired) electrons. The van der Waals surface area contributed by atoms with Crippen LogP contribution < -0.4 is 4.74 Å². The van der Waals surface area contributed by atoms with Crippen LogP contribution in [-0.2, 0) is 17.8 Å². The third-order valence-corrected chi connectivity index (χ3v) is 4.12. The van der Waals surface area contributed by atoms with Crippen molar-refractivity contribution in [2.75, 3.05) is 14.2 Å². The predicted molar refractivity (Wildman–Crippen MR) is 99.6 cm³/mol. The number of ether oxygens (including phenoxy) is 1. The van der Waals surface area contributed by atoms with Gasteiger partial charge in [0.25, 0.3) is 5.69 Å². The molecule has 3 aromatic rings. The molecule has 0 N–H and O–H groups in total. The molecule has 0 saturated carbocycles. The quantitative estimate of drug-likeness (QED) is 0.456. The summed E-state index contributed by atoms with van der Waals surface area (Å²) in [6.45, 7) is 0.0937. The van der Waals surface area contributed by atoms with Gasteiger partial charge in [-0.1, -0.05) is 35.5 Å². The zero-order valence-electron chi connectivity index (χ0n) is 15.4. The summed E-state index contributed by atoms with van der Waals surface area (Å²) < 4.78 is 10.4. The molecule has 28 heavy (non-hydrogen) atoms. The number of carbonyl (C=O) groups excluding carboxylic acids is 1. The van der Waals surface area contributed by atoms with E-state index in [-0.39, 0.29) is 30.5 Å². The van der Waals surface area contributed by atoms with Crippen LogP contribution in [0, 0.1) is 10.1 Å². The summed E-state index contributed by atoms with van der Waals surface area (Å²) in [5.74, 6) is 1.01. The molecule has 3 rings (SSSR count). The highest BCUT2D eigenvalue weighted by Gasteiger charge is 2.19. The Hall–Kier alpha value is -3.75. The van der Waals surface area contributed by atoms with Gasteiger partial charge in [-0.3, -0.25) is 14.9 Å². The van der Waals surface area contributed by atoms with E-state index in [4.69, 9.17) is 9.26 Å². The average Bonchev–Trinajstić information content (AvgIpc) is 3.16. The van der Waals surface area contributed by atoms with Crippen LogP contribution in [0.5, 0.6) is 5.75 Å². The van der Waals surface area contributed by atoms with Gasteiger partial charge in [-0.15, -0.1) is 0 Å². The lowest BCUT2D eigenvalue weighted by Gasteiger charge is -2.14. The summed E-state index contributed by atoms with van der Waals surface area (Å²) in [7, 11) is 3.14. The Kier molecular flexibility index (Phi) is 5.64. The molecule has 1 heterocycles. The van der Waals surface area contributed by atoms with Crippen LogP contribution in [0.3, 0.4) is 0 Å². The first-order valence-electron chi connectivity index (χ1n) is 8.41. The summed E-state index contributed by atoms with van der Waals surface area (Å²) in [5, 5.41) is 15.0. The van der Waals surface area contributed by atoms with Crippen LogP contribution in [0.25, 0.3) is 11.4 Å². The molecule has 144 valence electrons. The minimum atomic E-state index is -0.499. The largest absolute Gasteiger partial charge is 0.497 e. The van der Waals surface area contributed by atoms with E-state index >= 15 is 0 Å². The van der Waals surface area contributed by atoms with Crippen molar-refractivity contribution < 1.29 is 19.0 Å². The van der Waals surface area contributed by atoms with E-state index in [1.54, 1.807) is 44.5 Å². The highest BCUT2D eigenvalue weighted by Crippen LogP contribution is 2.22. The van der Waals surface area contributed by atoms with Gasteiger partial charge >= 0.3 is 0 Å². The number of nitro groups is 1. The monoisotopic (exact) mass is 382 g/mol. The first-order chi connectivity index (χ1) is 13.5. The standard InChI is InChI=1S/C19H18N4O5/c1-22(18(24)11-13-6-3-4-9-16(13)23(25)26)12-17-20-19(21-28-17)14-7-5-8-15(10-14)27-2/h3-10H,11-12H2,1-2H3. The Morgan fingerprint density at radius 1 is 1.25 bits per heavy atom. The van der Waals surface area contributed by atoms with Gasteiger partial charge in [0.05, 0.1) is 25.0 Å². The fourth-order valence-corrected chi connectivity index (χ4v) is 2.63. The van der Waals surface area contributed by atoms with Gasteiger partial charge in [0, 0.05) is 24.2 Å². The average molecular weight is 382 g/mol. The molecule has 1 aromatic heterocycles. The van der Waals surface area contributed by atoms with Crippen molar-refractivity contribution in [1.82, 2.24) is 15.0 Å². The number of para-hydroxylation sites is 1. The first kappa shape index (κ1) is 19.0. The smallest absolute Gasteiger partial charge is 0.273 e. The van der Waals surface area contributed by atoms with Crippen molar-refractivity contribution in [3.63, 3.8) is 0 Å². The highest BCUT2D eigenvalue weighted by atomic mass is 16.6. The topological polar surface area (TPSA) is 112 Å². The van der Waals surface area contributed by atoms with Crippen molar-refractivity contribution in [2.24, 2.45) is 0 Å². The van der Waals surface area contributed by atoms with Crippen LogP contribution >= 0.6 is 0 Å². The number of methoxy groups -OCH3 is 1. The normalized spacial score (nSPS) is 10.5. The van der Waals surface area contributed by atoms with Gasteiger partial charge in [-0.25, -0.2) is 0 Å². The molecular formula is C19H18N4O5. The van der Waals surface area contributed by atoms with E-state index in [0.717, 1.165) is 5.56 Å². The van der Waals surface area contributed by atoms with E-state index in [0.29, 0.717) is 17.1 Å². The highest BCUT2D eigenvalue weighted by molar-refractivity contribution is 5.79. The maximum absolute atomic E-state index is 12.4. The minimum absolute atomic E-state index is 0.0812. The maximum Gasteiger partial charge on any atom is 0.273 e. The fourth-order valence-electron chi connectivity index (χ4n) is 2.63. The molecule has 9 heteroatoms. The number of rotatable bonds is 7. The molecule has 1 amide bonds. The van der Waals surface area contributed by atoms with Gasteiger partial charge in [0.1, 0.15) is 5.75 Å². The molecular weight excluding hydrogens is 364 g/mol. The number of hydrogen-bond acceptors (Lipinski definition) is 7. The van der Waals surface area contributed by atoms with E-state index in [1.165, 1.54) is 11.0 Å². The second-order valence-electron chi connectivity index (χ2n) is 6.06. The van der Waals surface area contributed by atoms with Crippen molar-refractivity contribution >= 4 is 11.6 Å². The summed E-state index contributed by atoms with van der Waals surface area (Å²) in [6, 6.07) is 13.4. The van der Waals surface area contributed by atoms with Gasteiger partial charge in [0.15, 0.2) is 0 Å². The Morgan fingerprint density at radius 3 is 2.79 bits per heavy atom. The number of amides is 1. The first-order valence-corrected chi connectivity index (χ1v) is 8.41. The zero-order valence-corrected chi connectivity index (χ0v) is 15.4. The van der Waals surface area contributed by atoms with Crippen molar-refractivity contribution in [1.29, 1.82) is 0 Å². The van der Waals surface area contributed by atoms with E-state index in [9.17, 15) is 14.9 Å². The van der Waals surface area contributed by atoms with Gasteiger partial charge < -0.3 is 14.2 Å². The Balaban J connectivity index is 1.68. The molecule has 9 nitrogen and oxygen atoms in total. The summed E-state index contributed by atoms with van der Waals surface area (Å²) in [6.07, 6.45) is -0.0927. The van der Waals surface area contributed by atoms with Crippen molar-refractivity contribution in [3.05, 3.63) is 70.1 Å². The third-order valence-electron chi connectivity index (χ3n) is 4.12. The lowest BCUT2D eigenvalue weighted by atomic mass is 10.1. The molecule has 0 spiro atoms. The van der Waals surface area contributed by atoms with Gasteiger partial charge in [0.2, 0.25) is 17.6 Å². The van der Waals surface area contributed by atoms with E-state index in [2.05, 4.69) is 10.1 Å². The van der Waals surface area contributed by atoms with Gasteiger partial charge in [-0.05, 0) is 12.1 Å². The number of hydrogen-bond donors (Lipinski definition) is 0. The summed E-state index contributed by atoms with van der Waals surface area (Å²) >= 11 is 0. The Morgan fingerprint density at radius 2 is 2.04 bits per heavy atom. The van der Waals surface area contributed by atoms with Crippen LogP contribution in [0.4, 0.5) is 5.69 Å². The number of likely N-dealkylation sites (N-methyl/N-ethyl adjacent to an activating group) is 1. The van der Waals surface area contributed by atoms with E-state index in [1.807, 2.05) is 12.1 Å². The number of carbonyl (C=O) groups is 1. The van der Waals surface area contributed by atoms with Crippen LogP contribution in [0.1, 0.15) is 11.5 Å². The molecule has 0 bridgehead atoms. The molecule has 0 unspecified atom stereocenters. The zero-order chi connectivity index (χ0) is 20.1. The lowest BCUT2D eigenvalue weighted by molar-refractivity contribution is -0.385. The number of benzene rings is 2. The van der Waals surface area contributed by atoms with Gasteiger partial charge in [-0.2, -0.15) is 4.98 Å². The number of nitro benzene ring substituents is 1. The second kappa shape index (κ2) is 8.30. The molecule has 2 aromatic carbocycles. The third kappa shape index (κ3) is 4.32. The molecule has 0 aliphatic rings. The van der Waals surface area contributed by atoms with Crippen LogP contribution in [0.15, 0.2) is 53.1 Å². The lowest BCUT2D eigenvalue weighted by Crippen LogP contribution is -2.28. The predicted octanol–water partition coefficient (Wildman–Crippen LogP) is 2.85. The Bertz CT molecular complexity index is 1000. The minimum Gasteiger partial charge on any atom is -0.497 e. The number of nitrogens with zero attached hydrogens (tertiary/aromatic N) is 4. The summed E-state index contributed by atoms with van der Waals surface area (Å²) in [5.41, 5.74) is 0.998. The molecule has 0 saturated heterocycles. The van der Waals surface area contributed by atoms with Crippen molar-refractivity contribution in [3.8, 4) is 17.1 Å². The van der Waals surface area contributed by atoms with Crippen molar-refractivity contribution in [2.45, 2.75) is 13.0 Å². The second-order valence-corrected chi connectivity index (χ2v) is 6.06.